The third kappa shape index (κ3) is 3.69. The first-order chi connectivity index (χ1) is 13.3. The van der Waals surface area contributed by atoms with Gasteiger partial charge in [0.15, 0.2) is 0 Å². The normalized spacial score (nSPS) is 15.1. The average molecular weight is 383 g/mol. The maximum atomic E-state index is 5.64. The molecular formula is C18H21N7OS. The van der Waals surface area contributed by atoms with Crippen LogP contribution in [0, 0.1) is 4.77 Å². The van der Waals surface area contributed by atoms with Crippen LogP contribution in [0.5, 0.6) is 5.75 Å². The summed E-state index contributed by atoms with van der Waals surface area (Å²) in [6.07, 6.45) is 6.97. The Morgan fingerprint density at radius 2 is 1.93 bits per heavy atom. The second kappa shape index (κ2) is 7.85. The minimum Gasteiger partial charge on any atom is -0.495 e. The van der Waals surface area contributed by atoms with Gasteiger partial charge in [0.25, 0.3) is 0 Å². The van der Waals surface area contributed by atoms with Gasteiger partial charge in [-0.05, 0) is 24.4 Å². The molecule has 1 fully saturated rings. The van der Waals surface area contributed by atoms with Crippen LogP contribution in [-0.2, 0) is 6.67 Å². The van der Waals surface area contributed by atoms with Crippen LogP contribution in [0.25, 0.3) is 5.69 Å². The van der Waals surface area contributed by atoms with E-state index in [0.29, 0.717) is 11.4 Å². The van der Waals surface area contributed by atoms with Crippen molar-refractivity contribution in [1.29, 1.82) is 0 Å². The number of benzene rings is 1. The topological polar surface area (TPSA) is 64.2 Å². The first kappa shape index (κ1) is 17.6. The molecule has 3 aromatic rings. The molecule has 1 aliphatic heterocycles. The molecule has 9 heteroatoms. The molecule has 0 atom stereocenters. The number of methoxy groups -OCH3 is 1. The van der Waals surface area contributed by atoms with Crippen LogP contribution in [0.4, 0.5) is 5.82 Å². The van der Waals surface area contributed by atoms with Gasteiger partial charge >= 0.3 is 0 Å². The summed E-state index contributed by atoms with van der Waals surface area (Å²) in [6, 6.07) is 7.79. The molecule has 0 aliphatic carbocycles. The molecule has 8 nitrogen and oxygen atoms in total. The van der Waals surface area contributed by atoms with Gasteiger partial charge in [0.2, 0.25) is 4.77 Å². The summed E-state index contributed by atoms with van der Waals surface area (Å²) in [5.41, 5.74) is 0.892. The first-order valence-electron chi connectivity index (χ1n) is 8.77. The minimum absolute atomic E-state index is 0.649. The summed E-state index contributed by atoms with van der Waals surface area (Å²) in [7, 11) is 1.66. The smallest absolute Gasteiger partial charge is 0.203 e. The van der Waals surface area contributed by atoms with Crippen LogP contribution in [0.2, 0.25) is 0 Å². The maximum Gasteiger partial charge on any atom is 0.203 e. The molecule has 0 spiro atoms. The van der Waals surface area contributed by atoms with Gasteiger partial charge in [-0.25, -0.2) is 9.67 Å². The third-order valence-corrected chi connectivity index (χ3v) is 5.07. The molecule has 140 valence electrons. The van der Waals surface area contributed by atoms with Gasteiger partial charge < -0.3 is 9.64 Å². The summed E-state index contributed by atoms with van der Waals surface area (Å²) in [4.78, 5) is 13.1. The molecule has 1 aliphatic rings. The van der Waals surface area contributed by atoms with Crippen molar-refractivity contribution >= 4 is 18.0 Å². The predicted molar refractivity (Wildman–Crippen MR) is 105 cm³/mol. The van der Waals surface area contributed by atoms with Gasteiger partial charge in [0, 0.05) is 38.6 Å². The van der Waals surface area contributed by atoms with E-state index in [4.69, 9.17) is 17.0 Å². The van der Waals surface area contributed by atoms with Gasteiger partial charge in [0.05, 0.1) is 25.7 Å². The Morgan fingerprint density at radius 3 is 2.67 bits per heavy atom. The number of para-hydroxylation sites is 2. The zero-order valence-corrected chi connectivity index (χ0v) is 15.9. The fraction of sp³-hybridized carbons (Fsp3) is 0.333. The fourth-order valence-electron chi connectivity index (χ4n) is 3.19. The van der Waals surface area contributed by atoms with E-state index < -0.39 is 0 Å². The maximum absolute atomic E-state index is 5.64. The average Bonchev–Trinajstić information content (AvgIpc) is 3.09. The number of rotatable bonds is 5. The van der Waals surface area contributed by atoms with Crippen LogP contribution in [0.15, 0.2) is 49.2 Å². The van der Waals surface area contributed by atoms with E-state index in [1.54, 1.807) is 32.0 Å². The highest BCUT2D eigenvalue weighted by Gasteiger charge is 2.19. The van der Waals surface area contributed by atoms with Crippen LogP contribution < -0.4 is 9.64 Å². The lowest BCUT2D eigenvalue weighted by atomic mass is 10.3. The minimum atomic E-state index is 0.649. The number of piperazine rings is 1. The van der Waals surface area contributed by atoms with Crippen LogP contribution >= 0.6 is 12.2 Å². The summed E-state index contributed by atoms with van der Waals surface area (Å²) in [6.45, 7) is 4.30. The van der Waals surface area contributed by atoms with Crippen LogP contribution in [-0.4, -0.2) is 62.5 Å². The van der Waals surface area contributed by atoms with Crippen molar-refractivity contribution in [3.05, 3.63) is 54.0 Å². The lowest BCUT2D eigenvalue weighted by Crippen LogP contribution is -2.47. The fourth-order valence-corrected chi connectivity index (χ4v) is 3.44. The number of hydrogen-bond donors (Lipinski definition) is 0. The Morgan fingerprint density at radius 1 is 1.11 bits per heavy atom. The van der Waals surface area contributed by atoms with E-state index in [9.17, 15) is 0 Å². The Hall–Kier alpha value is -2.78. The second-order valence-electron chi connectivity index (χ2n) is 6.27. The lowest BCUT2D eigenvalue weighted by Gasteiger charge is -2.34. The summed E-state index contributed by atoms with van der Waals surface area (Å²) < 4.78 is 9.81. The Balaban J connectivity index is 1.44. The van der Waals surface area contributed by atoms with Gasteiger partial charge in [-0.2, -0.15) is 5.10 Å². The van der Waals surface area contributed by atoms with Gasteiger partial charge in [0.1, 0.15) is 17.9 Å². The zero-order valence-electron chi connectivity index (χ0n) is 15.1. The molecule has 0 radical (unpaired) electrons. The molecule has 0 bridgehead atoms. The third-order valence-electron chi connectivity index (χ3n) is 4.66. The molecule has 3 heterocycles. The zero-order chi connectivity index (χ0) is 18.6. The van der Waals surface area contributed by atoms with Crippen molar-refractivity contribution in [1.82, 2.24) is 29.2 Å². The van der Waals surface area contributed by atoms with Gasteiger partial charge in [-0.3, -0.25) is 14.5 Å². The molecule has 0 N–H and O–H groups in total. The lowest BCUT2D eigenvalue weighted by molar-refractivity contribution is 0.194. The van der Waals surface area contributed by atoms with E-state index in [0.717, 1.165) is 43.4 Å². The van der Waals surface area contributed by atoms with E-state index in [1.165, 1.54) is 0 Å². The van der Waals surface area contributed by atoms with E-state index in [-0.39, 0.29) is 0 Å². The van der Waals surface area contributed by atoms with Crippen LogP contribution in [0.1, 0.15) is 0 Å². The van der Waals surface area contributed by atoms with Crippen molar-refractivity contribution in [2.24, 2.45) is 0 Å². The highest BCUT2D eigenvalue weighted by Crippen LogP contribution is 2.22. The number of hydrogen-bond acceptors (Lipinski definition) is 7. The van der Waals surface area contributed by atoms with Crippen molar-refractivity contribution < 1.29 is 4.74 Å². The first-order valence-corrected chi connectivity index (χ1v) is 9.18. The number of anilines is 1. The van der Waals surface area contributed by atoms with Gasteiger partial charge in [-0.15, -0.1) is 0 Å². The monoisotopic (exact) mass is 383 g/mol. The van der Waals surface area contributed by atoms with Crippen LogP contribution in [0.3, 0.4) is 0 Å². The standard InChI is InChI=1S/C18H21N7OS/c1-26-16-5-3-2-4-15(16)24-13-21-25(18(24)27)14-22-8-10-23(11-9-22)17-12-19-6-7-20-17/h2-7,12-13H,8-11,14H2,1H3. The molecular weight excluding hydrogens is 362 g/mol. The second-order valence-corrected chi connectivity index (χ2v) is 6.63. The highest BCUT2D eigenvalue weighted by molar-refractivity contribution is 7.71. The molecule has 27 heavy (non-hydrogen) atoms. The Kier molecular flexibility index (Phi) is 5.12. The van der Waals surface area contributed by atoms with Crippen molar-refractivity contribution in [3.8, 4) is 11.4 Å². The largest absolute Gasteiger partial charge is 0.495 e. The van der Waals surface area contributed by atoms with E-state index in [2.05, 4.69) is 24.9 Å². The van der Waals surface area contributed by atoms with E-state index in [1.807, 2.05) is 33.5 Å². The molecule has 1 aromatic carbocycles. The number of aromatic nitrogens is 5. The molecule has 4 rings (SSSR count). The van der Waals surface area contributed by atoms with E-state index >= 15 is 0 Å². The summed E-state index contributed by atoms with van der Waals surface area (Å²) in [5.74, 6) is 1.69. The predicted octanol–water partition coefficient (Wildman–Crippen LogP) is 1.98. The van der Waals surface area contributed by atoms with Crippen molar-refractivity contribution in [2.75, 3.05) is 38.2 Å². The quantitative estimate of drug-likeness (QED) is 0.624. The summed E-state index contributed by atoms with van der Waals surface area (Å²) in [5, 5.41) is 4.48. The molecule has 0 unspecified atom stereocenters. The van der Waals surface area contributed by atoms with Crippen molar-refractivity contribution in [2.45, 2.75) is 6.67 Å². The molecule has 0 amide bonds. The highest BCUT2D eigenvalue weighted by atomic mass is 32.1. The molecule has 0 saturated carbocycles. The van der Waals surface area contributed by atoms with Crippen molar-refractivity contribution in [3.63, 3.8) is 0 Å². The Bertz CT molecular complexity index is 948. The SMILES string of the molecule is COc1ccccc1-n1cnn(CN2CCN(c3cnccn3)CC2)c1=S. The molecule has 2 aromatic heterocycles. The molecule has 1 saturated heterocycles. The Labute approximate surface area is 162 Å². The summed E-state index contributed by atoms with van der Waals surface area (Å²) >= 11 is 5.64. The number of nitrogens with zero attached hydrogens (tertiary/aromatic N) is 7. The van der Waals surface area contributed by atoms with Gasteiger partial charge in [-0.1, -0.05) is 12.1 Å². The number of ether oxygens (including phenoxy) is 1.